The van der Waals surface area contributed by atoms with Gasteiger partial charge in [-0.05, 0) is 56.0 Å². The third-order valence-corrected chi connectivity index (χ3v) is 11.2. The number of esters is 1. The van der Waals surface area contributed by atoms with E-state index in [-0.39, 0.29) is 29.1 Å². The summed E-state index contributed by atoms with van der Waals surface area (Å²) in [6, 6.07) is 0. The lowest BCUT2D eigenvalue weighted by Crippen LogP contribution is -2.63. The zero-order valence-corrected chi connectivity index (χ0v) is 23.1. The minimum Gasteiger partial charge on any atom is -0.461 e. The van der Waals surface area contributed by atoms with Gasteiger partial charge in [0.2, 0.25) is 0 Å². The Labute approximate surface area is 211 Å². The van der Waals surface area contributed by atoms with Crippen molar-refractivity contribution in [3.63, 3.8) is 0 Å². The molecule has 0 heterocycles. The molecule has 6 heteroatoms. The number of carbonyl (C=O) groups is 2. The molecule has 0 aromatic carbocycles. The van der Waals surface area contributed by atoms with Crippen LogP contribution in [0.25, 0.3) is 0 Å². The molecule has 8 atom stereocenters. The predicted octanol–water partition coefficient (Wildman–Crippen LogP) is 4.97. The van der Waals surface area contributed by atoms with Gasteiger partial charge in [0.1, 0.15) is 11.9 Å². The lowest BCUT2D eigenvalue weighted by atomic mass is 9.44. The van der Waals surface area contributed by atoms with Gasteiger partial charge in [-0.25, -0.2) is 0 Å². The Hall–Kier alpha value is -0.850. The fourth-order valence-electron chi connectivity index (χ4n) is 7.58. The summed E-state index contributed by atoms with van der Waals surface area (Å²) in [5.41, 5.74) is -1.25. The van der Waals surface area contributed by atoms with Gasteiger partial charge >= 0.3 is 5.97 Å². The molecule has 0 spiro atoms. The topological polar surface area (TPSA) is 66.8 Å². The number of thioether (sulfide) groups is 1. The maximum atomic E-state index is 13.4. The van der Waals surface area contributed by atoms with Gasteiger partial charge in [0.25, 0.3) is 0 Å². The SMILES string of the molecule is C=C[C@]1(C)C[C@@H](OC(=O)CSCCN(CC)CC)C2(C)[C@H](C)CC[C@]3(CCC(=O)[C@@H]23)[C@@H](C)[C@@H]1O. The second-order valence-corrected chi connectivity index (χ2v) is 12.7. The number of ether oxygens (including phenoxy) is 1. The first-order valence-electron chi connectivity index (χ1n) is 13.3. The van der Waals surface area contributed by atoms with Crippen LogP contribution in [0.15, 0.2) is 12.7 Å². The molecule has 1 unspecified atom stereocenters. The van der Waals surface area contributed by atoms with E-state index < -0.39 is 23.0 Å². The lowest BCUT2D eigenvalue weighted by Gasteiger charge is -2.61. The van der Waals surface area contributed by atoms with Gasteiger partial charge in [-0.2, -0.15) is 0 Å². The van der Waals surface area contributed by atoms with Crippen LogP contribution in [-0.4, -0.2) is 65.1 Å². The molecule has 3 fully saturated rings. The molecule has 3 rings (SSSR count). The van der Waals surface area contributed by atoms with E-state index in [0.29, 0.717) is 24.4 Å². The number of hydrogen-bond acceptors (Lipinski definition) is 6. The predicted molar refractivity (Wildman–Crippen MR) is 140 cm³/mol. The van der Waals surface area contributed by atoms with Crippen molar-refractivity contribution in [2.45, 2.75) is 85.9 Å². The highest BCUT2D eigenvalue weighted by atomic mass is 32.2. The Morgan fingerprint density at radius 3 is 2.56 bits per heavy atom. The second-order valence-electron chi connectivity index (χ2n) is 11.6. The van der Waals surface area contributed by atoms with E-state index in [1.165, 1.54) is 0 Å². The van der Waals surface area contributed by atoms with Crippen molar-refractivity contribution in [2.75, 3.05) is 31.1 Å². The van der Waals surface area contributed by atoms with Gasteiger partial charge in [0, 0.05) is 35.5 Å². The standard InChI is InChI=1S/C28H47NO4S/c1-8-26(6)17-22(33-23(31)18-34-16-15-29(9-2)10-3)27(7)19(4)11-13-28(20(5)25(26)32)14-12-21(30)24(27)28/h8,19-20,22,24-25,32H,1,9-18H2,2-7H3/t19-,20+,22-,24+,25+,26-,27?,28+/m1/s1. The van der Waals surface area contributed by atoms with Crippen molar-refractivity contribution >= 4 is 23.5 Å². The summed E-state index contributed by atoms with van der Waals surface area (Å²) in [5, 5.41) is 11.6. The van der Waals surface area contributed by atoms with E-state index in [2.05, 4.69) is 46.1 Å². The smallest absolute Gasteiger partial charge is 0.316 e. The zero-order valence-electron chi connectivity index (χ0n) is 22.3. The molecule has 0 aromatic heterocycles. The zero-order chi connectivity index (χ0) is 25.3. The van der Waals surface area contributed by atoms with Gasteiger partial charge < -0.3 is 14.7 Å². The molecule has 0 aliphatic heterocycles. The van der Waals surface area contributed by atoms with Crippen LogP contribution < -0.4 is 0 Å². The van der Waals surface area contributed by atoms with Crippen LogP contribution in [0.4, 0.5) is 0 Å². The second kappa shape index (κ2) is 10.6. The lowest BCUT2D eigenvalue weighted by molar-refractivity contribution is -0.205. The maximum absolute atomic E-state index is 13.4. The van der Waals surface area contributed by atoms with Crippen LogP contribution in [0.1, 0.15) is 73.6 Å². The Bertz CT molecular complexity index is 770. The first-order chi connectivity index (χ1) is 16.0. The van der Waals surface area contributed by atoms with Crippen molar-refractivity contribution in [1.29, 1.82) is 0 Å². The van der Waals surface area contributed by atoms with Gasteiger partial charge in [0.05, 0.1) is 11.9 Å². The summed E-state index contributed by atoms with van der Waals surface area (Å²) < 4.78 is 6.30. The molecule has 0 radical (unpaired) electrons. The number of aliphatic hydroxyl groups is 1. The molecule has 5 nitrogen and oxygen atoms in total. The van der Waals surface area contributed by atoms with E-state index in [1.807, 2.05) is 13.0 Å². The molecule has 3 aliphatic rings. The van der Waals surface area contributed by atoms with Crippen LogP contribution >= 0.6 is 11.8 Å². The number of rotatable bonds is 9. The summed E-state index contributed by atoms with van der Waals surface area (Å²) in [5.74, 6) is 1.37. The highest BCUT2D eigenvalue weighted by Crippen LogP contribution is 2.67. The molecule has 0 aromatic rings. The van der Waals surface area contributed by atoms with E-state index in [9.17, 15) is 14.7 Å². The van der Waals surface area contributed by atoms with E-state index in [4.69, 9.17) is 4.74 Å². The van der Waals surface area contributed by atoms with Crippen LogP contribution in [-0.2, 0) is 14.3 Å². The van der Waals surface area contributed by atoms with Crippen molar-refractivity contribution in [3.8, 4) is 0 Å². The van der Waals surface area contributed by atoms with Crippen LogP contribution in [0.2, 0.25) is 0 Å². The average Bonchev–Trinajstić information content (AvgIpc) is 3.17. The first kappa shape index (κ1) is 27.7. The van der Waals surface area contributed by atoms with Crippen molar-refractivity contribution in [1.82, 2.24) is 4.90 Å². The summed E-state index contributed by atoms with van der Waals surface area (Å²) >= 11 is 1.61. The highest BCUT2D eigenvalue weighted by Gasteiger charge is 2.68. The minimum absolute atomic E-state index is 0.00828. The third kappa shape index (κ3) is 4.64. The Morgan fingerprint density at radius 2 is 1.94 bits per heavy atom. The van der Waals surface area contributed by atoms with Gasteiger partial charge in [-0.15, -0.1) is 18.3 Å². The summed E-state index contributed by atoms with van der Waals surface area (Å²) in [6.45, 7) is 20.0. The monoisotopic (exact) mass is 493 g/mol. The van der Waals surface area contributed by atoms with Crippen molar-refractivity contribution < 1.29 is 19.4 Å². The van der Waals surface area contributed by atoms with Crippen LogP contribution in [0.5, 0.6) is 0 Å². The summed E-state index contributed by atoms with van der Waals surface area (Å²) in [7, 11) is 0. The fraction of sp³-hybridized carbons (Fsp3) is 0.857. The molecule has 194 valence electrons. The molecule has 3 aliphatic carbocycles. The molecule has 34 heavy (non-hydrogen) atoms. The largest absolute Gasteiger partial charge is 0.461 e. The minimum atomic E-state index is -0.624. The highest BCUT2D eigenvalue weighted by molar-refractivity contribution is 7.99. The van der Waals surface area contributed by atoms with Gasteiger partial charge in [-0.1, -0.05) is 47.6 Å². The number of Topliss-reactive ketones (excluding diaryl/α,β-unsaturated/α-hetero) is 1. The first-order valence-corrected chi connectivity index (χ1v) is 14.5. The Balaban J connectivity index is 1.88. The van der Waals surface area contributed by atoms with Gasteiger partial charge in [-0.3, -0.25) is 9.59 Å². The van der Waals surface area contributed by atoms with Crippen LogP contribution in [0, 0.1) is 34.0 Å². The third-order valence-electron chi connectivity index (χ3n) is 10.2. The number of ketones is 1. The van der Waals surface area contributed by atoms with Crippen LogP contribution in [0.3, 0.4) is 0 Å². The van der Waals surface area contributed by atoms with Gasteiger partial charge in [0.15, 0.2) is 0 Å². The number of hydrogen-bond donors (Lipinski definition) is 1. The summed E-state index contributed by atoms with van der Waals surface area (Å²) in [6.07, 6.45) is 4.64. The Morgan fingerprint density at radius 1 is 1.26 bits per heavy atom. The Kier molecular flexibility index (Phi) is 8.68. The molecule has 3 saturated carbocycles. The number of nitrogens with zero attached hydrogens (tertiary/aromatic N) is 1. The van der Waals surface area contributed by atoms with E-state index >= 15 is 0 Å². The molecule has 0 saturated heterocycles. The fourth-order valence-corrected chi connectivity index (χ4v) is 8.35. The summed E-state index contributed by atoms with van der Waals surface area (Å²) in [4.78, 5) is 28.9. The molecular formula is C28H47NO4S. The average molecular weight is 494 g/mol. The normalized spacial score (nSPS) is 42.1. The van der Waals surface area contributed by atoms with Crippen molar-refractivity contribution in [2.24, 2.45) is 34.0 Å². The molecule has 2 bridgehead atoms. The van der Waals surface area contributed by atoms with Crippen molar-refractivity contribution in [3.05, 3.63) is 12.7 Å². The molecular weight excluding hydrogens is 446 g/mol. The number of aliphatic hydroxyl groups excluding tert-OH is 1. The molecule has 1 N–H and O–H groups in total. The number of carbonyl (C=O) groups excluding carboxylic acids is 2. The molecule has 0 amide bonds. The van der Waals surface area contributed by atoms with E-state index in [0.717, 1.165) is 44.6 Å². The maximum Gasteiger partial charge on any atom is 0.316 e. The quantitative estimate of drug-likeness (QED) is 0.278. The van der Waals surface area contributed by atoms with E-state index in [1.54, 1.807) is 11.8 Å².